The summed E-state index contributed by atoms with van der Waals surface area (Å²) in [5.41, 5.74) is 1.27. The molecular formula is C19H27NO2. The van der Waals surface area contributed by atoms with E-state index in [2.05, 4.69) is 37.1 Å². The van der Waals surface area contributed by atoms with E-state index in [1.807, 2.05) is 19.9 Å². The SMILES string of the molecule is CC(C)Oc1cccc(C23CC(=O)CC(C2)N(C)CC3C)c1. The maximum absolute atomic E-state index is 12.4. The zero-order valence-electron chi connectivity index (χ0n) is 14.1. The first-order valence-electron chi connectivity index (χ1n) is 8.40. The highest BCUT2D eigenvalue weighted by Gasteiger charge is 2.49. The Morgan fingerprint density at radius 2 is 2.14 bits per heavy atom. The molecule has 0 spiro atoms. The Hall–Kier alpha value is -1.35. The Bertz CT molecular complexity index is 568. The second kappa shape index (κ2) is 5.69. The summed E-state index contributed by atoms with van der Waals surface area (Å²) < 4.78 is 5.87. The maximum Gasteiger partial charge on any atom is 0.135 e. The van der Waals surface area contributed by atoms with Crippen LogP contribution in [0.3, 0.4) is 0 Å². The number of rotatable bonds is 3. The predicted molar refractivity (Wildman–Crippen MR) is 88.3 cm³/mol. The van der Waals surface area contributed by atoms with Crippen LogP contribution < -0.4 is 4.74 Å². The van der Waals surface area contributed by atoms with Crippen molar-refractivity contribution in [1.82, 2.24) is 4.90 Å². The molecule has 0 amide bonds. The summed E-state index contributed by atoms with van der Waals surface area (Å²) in [7, 11) is 2.15. The number of carbonyl (C=O) groups excluding carboxylic acids is 1. The topological polar surface area (TPSA) is 29.5 Å². The fourth-order valence-corrected chi connectivity index (χ4v) is 4.35. The van der Waals surface area contributed by atoms with Gasteiger partial charge in [0.2, 0.25) is 0 Å². The second-order valence-corrected chi connectivity index (χ2v) is 7.47. The summed E-state index contributed by atoms with van der Waals surface area (Å²) >= 11 is 0. The number of carbonyl (C=O) groups is 1. The van der Waals surface area contributed by atoms with E-state index in [9.17, 15) is 4.79 Å². The lowest BCUT2D eigenvalue weighted by atomic mass is 9.58. The van der Waals surface area contributed by atoms with Crippen LogP contribution in [0.25, 0.3) is 0 Å². The van der Waals surface area contributed by atoms with Gasteiger partial charge in [-0.15, -0.1) is 0 Å². The first-order valence-corrected chi connectivity index (χ1v) is 8.40. The number of Topliss-reactive ketones (excluding diaryl/α,β-unsaturated/α-hetero) is 1. The average Bonchev–Trinajstić information content (AvgIpc) is 2.44. The van der Waals surface area contributed by atoms with E-state index in [4.69, 9.17) is 4.74 Å². The average molecular weight is 301 g/mol. The summed E-state index contributed by atoms with van der Waals surface area (Å²) in [6.07, 6.45) is 2.65. The summed E-state index contributed by atoms with van der Waals surface area (Å²) in [4.78, 5) is 14.7. The summed E-state index contributed by atoms with van der Waals surface area (Å²) in [5.74, 6) is 1.81. The molecule has 120 valence electrons. The number of benzene rings is 1. The van der Waals surface area contributed by atoms with Gasteiger partial charge >= 0.3 is 0 Å². The van der Waals surface area contributed by atoms with Gasteiger partial charge in [0, 0.05) is 30.8 Å². The Balaban J connectivity index is 1.98. The van der Waals surface area contributed by atoms with Gasteiger partial charge < -0.3 is 9.64 Å². The molecule has 3 unspecified atom stereocenters. The van der Waals surface area contributed by atoms with Gasteiger partial charge in [-0.2, -0.15) is 0 Å². The summed E-state index contributed by atoms with van der Waals surface area (Å²) in [6, 6.07) is 8.83. The third-order valence-corrected chi connectivity index (χ3v) is 5.49. The fraction of sp³-hybridized carbons (Fsp3) is 0.632. The third kappa shape index (κ3) is 2.67. The van der Waals surface area contributed by atoms with Crippen LogP contribution in [0.15, 0.2) is 24.3 Å². The van der Waals surface area contributed by atoms with Crippen molar-refractivity contribution in [3.05, 3.63) is 29.8 Å². The van der Waals surface area contributed by atoms with E-state index < -0.39 is 0 Å². The lowest BCUT2D eigenvalue weighted by molar-refractivity contribution is -0.127. The van der Waals surface area contributed by atoms with Crippen molar-refractivity contribution in [2.24, 2.45) is 5.92 Å². The molecule has 1 aromatic carbocycles. The van der Waals surface area contributed by atoms with Crippen molar-refractivity contribution in [1.29, 1.82) is 0 Å². The molecular weight excluding hydrogens is 274 g/mol. The molecule has 0 N–H and O–H groups in total. The molecule has 1 aliphatic carbocycles. The lowest BCUT2D eigenvalue weighted by Crippen LogP contribution is -2.57. The summed E-state index contributed by atoms with van der Waals surface area (Å²) in [5, 5.41) is 0. The number of likely N-dealkylation sites (tertiary alicyclic amines) is 1. The lowest BCUT2D eigenvalue weighted by Gasteiger charge is -2.53. The van der Waals surface area contributed by atoms with Gasteiger partial charge in [-0.05, 0) is 50.9 Å². The number of nitrogens with zero attached hydrogens (tertiary/aromatic N) is 1. The van der Waals surface area contributed by atoms with Crippen molar-refractivity contribution in [2.75, 3.05) is 13.6 Å². The molecule has 3 rings (SSSR count). The molecule has 2 fully saturated rings. The maximum atomic E-state index is 12.4. The number of hydrogen-bond donors (Lipinski definition) is 0. The molecule has 3 nitrogen and oxygen atoms in total. The van der Waals surface area contributed by atoms with Gasteiger partial charge in [0.1, 0.15) is 11.5 Å². The second-order valence-electron chi connectivity index (χ2n) is 7.47. The Morgan fingerprint density at radius 3 is 2.86 bits per heavy atom. The Kier molecular flexibility index (Phi) is 4.02. The normalized spacial score (nSPS) is 32.3. The minimum Gasteiger partial charge on any atom is -0.491 e. The fourth-order valence-electron chi connectivity index (χ4n) is 4.35. The Morgan fingerprint density at radius 1 is 1.36 bits per heavy atom. The molecule has 1 aliphatic heterocycles. The standard InChI is InChI=1S/C19H27NO2/c1-13(2)22-18-7-5-6-15(8-18)19-10-16(9-17(21)11-19)20(4)12-14(19)3/h5-8,13-14,16H,9-12H2,1-4H3. The number of piperidine rings is 1. The van der Waals surface area contributed by atoms with E-state index in [-0.39, 0.29) is 11.5 Å². The zero-order valence-corrected chi connectivity index (χ0v) is 14.1. The van der Waals surface area contributed by atoms with E-state index in [0.29, 0.717) is 30.6 Å². The van der Waals surface area contributed by atoms with Gasteiger partial charge in [0.15, 0.2) is 0 Å². The monoisotopic (exact) mass is 301 g/mol. The highest BCUT2D eigenvalue weighted by Crippen LogP contribution is 2.49. The van der Waals surface area contributed by atoms with Gasteiger partial charge in [-0.3, -0.25) is 4.79 Å². The minimum atomic E-state index is -0.0111. The van der Waals surface area contributed by atoms with Crippen LogP contribution in [-0.4, -0.2) is 36.4 Å². The van der Waals surface area contributed by atoms with Gasteiger partial charge in [-0.1, -0.05) is 19.1 Å². The number of fused-ring (bicyclic) bond motifs is 2. The van der Waals surface area contributed by atoms with E-state index in [0.717, 1.165) is 18.7 Å². The molecule has 3 atom stereocenters. The Labute approximate surface area is 133 Å². The van der Waals surface area contributed by atoms with Crippen LogP contribution in [-0.2, 0) is 10.2 Å². The van der Waals surface area contributed by atoms with Crippen molar-refractivity contribution < 1.29 is 9.53 Å². The van der Waals surface area contributed by atoms with Crippen LogP contribution in [0.4, 0.5) is 0 Å². The summed E-state index contributed by atoms with van der Waals surface area (Å²) in [6.45, 7) is 7.45. The smallest absolute Gasteiger partial charge is 0.135 e. The minimum absolute atomic E-state index is 0.0111. The molecule has 2 bridgehead atoms. The molecule has 0 aromatic heterocycles. The van der Waals surface area contributed by atoms with Crippen LogP contribution in [0.2, 0.25) is 0 Å². The van der Waals surface area contributed by atoms with Crippen molar-refractivity contribution in [3.8, 4) is 5.75 Å². The van der Waals surface area contributed by atoms with E-state index >= 15 is 0 Å². The first-order chi connectivity index (χ1) is 10.4. The van der Waals surface area contributed by atoms with Crippen LogP contribution in [0, 0.1) is 5.92 Å². The van der Waals surface area contributed by atoms with E-state index in [1.165, 1.54) is 5.56 Å². The molecule has 22 heavy (non-hydrogen) atoms. The van der Waals surface area contributed by atoms with Crippen LogP contribution in [0.5, 0.6) is 5.75 Å². The molecule has 3 heteroatoms. The van der Waals surface area contributed by atoms with Gasteiger partial charge in [0.25, 0.3) is 0 Å². The van der Waals surface area contributed by atoms with Crippen molar-refractivity contribution >= 4 is 5.78 Å². The van der Waals surface area contributed by atoms with Crippen LogP contribution >= 0.6 is 0 Å². The van der Waals surface area contributed by atoms with Crippen molar-refractivity contribution in [2.45, 2.75) is 57.6 Å². The highest BCUT2D eigenvalue weighted by molar-refractivity contribution is 5.82. The number of hydrogen-bond acceptors (Lipinski definition) is 3. The molecule has 1 aromatic rings. The largest absolute Gasteiger partial charge is 0.491 e. The molecule has 1 heterocycles. The molecule has 1 saturated carbocycles. The number of ketones is 1. The van der Waals surface area contributed by atoms with Crippen molar-refractivity contribution in [3.63, 3.8) is 0 Å². The van der Waals surface area contributed by atoms with Gasteiger partial charge in [0.05, 0.1) is 6.10 Å². The van der Waals surface area contributed by atoms with Crippen LogP contribution in [0.1, 0.15) is 45.6 Å². The molecule has 1 saturated heterocycles. The quantitative estimate of drug-likeness (QED) is 0.857. The highest BCUT2D eigenvalue weighted by atomic mass is 16.5. The third-order valence-electron chi connectivity index (χ3n) is 5.49. The number of ether oxygens (including phenoxy) is 1. The van der Waals surface area contributed by atoms with Gasteiger partial charge in [-0.25, -0.2) is 0 Å². The van der Waals surface area contributed by atoms with E-state index in [1.54, 1.807) is 0 Å². The first kappa shape index (κ1) is 15.5. The molecule has 0 radical (unpaired) electrons. The molecule has 2 aliphatic rings. The predicted octanol–water partition coefficient (Wildman–Crippen LogP) is 3.41. The zero-order chi connectivity index (χ0) is 15.9.